The Morgan fingerprint density at radius 3 is 2.26 bits per heavy atom. The van der Waals surface area contributed by atoms with Crippen LogP contribution in [0.25, 0.3) is 0 Å². The summed E-state index contributed by atoms with van der Waals surface area (Å²) < 4.78 is 5.77. The Bertz CT molecular complexity index is 1220. The second-order valence-electron chi connectivity index (χ2n) is 8.07. The van der Waals surface area contributed by atoms with Crippen LogP contribution in [0.15, 0.2) is 58.1 Å². The zero-order valence-electron chi connectivity index (χ0n) is 19.4. The molecule has 0 spiro atoms. The molecule has 0 aliphatic heterocycles. The molecule has 0 saturated carbocycles. The van der Waals surface area contributed by atoms with Gasteiger partial charge in [0.05, 0.1) is 24.8 Å². The van der Waals surface area contributed by atoms with Crippen molar-refractivity contribution in [1.29, 1.82) is 0 Å². The van der Waals surface area contributed by atoms with Crippen LogP contribution in [0.4, 0.5) is 17.1 Å². The Labute approximate surface area is 197 Å². The third kappa shape index (κ3) is 4.79. The van der Waals surface area contributed by atoms with Crippen LogP contribution in [-0.2, 0) is 11.3 Å². The van der Waals surface area contributed by atoms with Gasteiger partial charge in [-0.3, -0.25) is 24.4 Å². The lowest BCUT2D eigenvalue weighted by Crippen LogP contribution is -2.53. The smallest absolute Gasteiger partial charge is 0.257 e. The van der Waals surface area contributed by atoms with Crippen molar-refractivity contribution in [2.24, 2.45) is 11.7 Å². The number of phenolic OH excluding ortho intramolecular Hbond substituents is 1. The molecule has 0 radical (unpaired) electrons. The molecule has 0 aliphatic rings. The van der Waals surface area contributed by atoms with Crippen LogP contribution < -0.4 is 32.6 Å². The highest BCUT2D eigenvalue weighted by molar-refractivity contribution is 5.99. The van der Waals surface area contributed by atoms with E-state index in [4.69, 9.17) is 16.4 Å². The van der Waals surface area contributed by atoms with Crippen LogP contribution in [0, 0.1) is 0 Å². The molecule has 0 aromatic heterocycles. The summed E-state index contributed by atoms with van der Waals surface area (Å²) in [6.07, 6.45) is 0.534. The number of hydrazine groups is 2. The van der Waals surface area contributed by atoms with E-state index in [0.29, 0.717) is 13.0 Å². The molecule has 0 unspecified atom stereocenters. The van der Waals surface area contributed by atoms with Gasteiger partial charge in [-0.1, -0.05) is 43.3 Å². The van der Waals surface area contributed by atoms with Crippen molar-refractivity contribution in [2.45, 2.75) is 26.0 Å². The highest BCUT2D eigenvalue weighted by atomic mass is 16.5. The average Bonchev–Trinajstić information content (AvgIpc) is 2.84. The van der Waals surface area contributed by atoms with E-state index >= 15 is 0 Å². The maximum absolute atomic E-state index is 12.4. The van der Waals surface area contributed by atoms with E-state index in [0.717, 1.165) is 10.6 Å². The second kappa shape index (κ2) is 10.5. The van der Waals surface area contributed by atoms with E-state index in [2.05, 4.69) is 0 Å². The van der Waals surface area contributed by atoms with Crippen molar-refractivity contribution >= 4 is 23.0 Å². The molecule has 3 rings (SSSR count). The number of para-hydroxylation sites is 1. The standard InChI is InChI=1S/C24H29N5O5/c1-4-16(14-34-13-15-9-6-5-7-10-15)28(25)19-20(23(32)22(19)31)29(26)18-12-8-11-17(21(18)30)24(33)27(2)3/h5-12,16,30H,4,13-14,25-26H2,1-3H3/t16-/m1/s1. The fourth-order valence-electron chi connectivity index (χ4n) is 3.55. The number of amides is 1. The number of carbonyl (C=O) groups is 1. The first-order chi connectivity index (χ1) is 16.2. The lowest BCUT2D eigenvalue weighted by atomic mass is 10.1. The number of phenols is 1. The number of nitrogens with zero attached hydrogens (tertiary/aromatic N) is 3. The molecule has 5 N–H and O–H groups in total. The molecule has 0 bridgehead atoms. The lowest BCUT2D eigenvalue weighted by molar-refractivity contribution is 0.0824. The van der Waals surface area contributed by atoms with Gasteiger partial charge >= 0.3 is 0 Å². The Hall–Kier alpha value is -3.73. The fraction of sp³-hybridized carbons (Fsp3) is 0.292. The molecule has 0 saturated heterocycles. The summed E-state index contributed by atoms with van der Waals surface area (Å²) in [5.41, 5.74) is -0.880. The number of rotatable bonds is 10. The number of anilines is 3. The zero-order valence-corrected chi connectivity index (χ0v) is 19.4. The molecule has 1 amide bonds. The van der Waals surface area contributed by atoms with Crippen molar-refractivity contribution in [3.8, 4) is 5.75 Å². The SMILES string of the molecule is CC[C@H](COCc1ccccc1)N(N)c1c(N(N)c2cccc(C(=O)N(C)C)c2O)c(=O)c1=O. The minimum atomic E-state index is -0.836. The normalized spacial score (nSPS) is 11.9. The molecule has 0 fully saturated rings. The Balaban J connectivity index is 1.84. The summed E-state index contributed by atoms with van der Waals surface area (Å²) in [5, 5.41) is 12.7. The maximum atomic E-state index is 12.4. The second-order valence-corrected chi connectivity index (χ2v) is 8.07. The molecule has 180 valence electrons. The maximum Gasteiger partial charge on any atom is 0.257 e. The van der Waals surface area contributed by atoms with Gasteiger partial charge in [-0.05, 0) is 24.1 Å². The van der Waals surface area contributed by atoms with Gasteiger partial charge in [0.25, 0.3) is 16.8 Å². The van der Waals surface area contributed by atoms with E-state index in [-0.39, 0.29) is 29.2 Å². The molecule has 3 aromatic rings. The minimum Gasteiger partial charge on any atom is -0.505 e. The van der Waals surface area contributed by atoms with Crippen LogP contribution in [0.2, 0.25) is 0 Å². The van der Waals surface area contributed by atoms with Crippen molar-refractivity contribution in [3.63, 3.8) is 0 Å². The van der Waals surface area contributed by atoms with Gasteiger partial charge in [0, 0.05) is 14.1 Å². The number of benzene rings is 2. The van der Waals surface area contributed by atoms with Crippen molar-refractivity contribution in [1.82, 2.24) is 4.90 Å². The van der Waals surface area contributed by atoms with Crippen molar-refractivity contribution in [2.75, 3.05) is 30.7 Å². The van der Waals surface area contributed by atoms with E-state index in [9.17, 15) is 19.5 Å². The molecule has 10 heteroatoms. The van der Waals surface area contributed by atoms with E-state index in [1.54, 1.807) is 14.1 Å². The predicted molar refractivity (Wildman–Crippen MR) is 131 cm³/mol. The summed E-state index contributed by atoms with van der Waals surface area (Å²) in [5.74, 6) is 11.5. The number of aromatic hydroxyl groups is 1. The third-order valence-corrected chi connectivity index (χ3v) is 5.56. The van der Waals surface area contributed by atoms with E-state index in [1.165, 1.54) is 28.1 Å². The largest absolute Gasteiger partial charge is 0.505 e. The summed E-state index contributed by atoms with van der Waals surface area (Å²) in [6, 6.07) is 13.6. The highest BCUT2D eigenvalue weighted by Gasteiger charge is 2.33. The first-order valence-corrected chi connectivity index (χ1v) is 10.8. The van der Waals surface area contributed by atoms with E-state index in [1.807, 2.05) is 37.3 Å². The van der Waals surface area contributed by atoms with Crippen LogP contribution >= 0.6 is 0 Å². The molecular formula is C24H29N5O5. The monoisotopic (exact) mass is 467 g/mol. The molecule has 34 heavy (non-hydrogen) atoms. The van der Waals surface area contributed by atoms with Gasteiger partial charge in [0.2, 0.25) is 0 Å². The van der Waals surface area contributed by atoms with Gasteiger partial charge in [-0.15, -0.1) is 0 Å². The van der Waals surface area contributed by atoms with Gasteiger partial charge in [0.15, 0.2) is 5.75 Å². The van der Waals surface area contributed by atoms with Crippen LogP contribution in [0.5, 0.6) is 5.75 Å². The first kappa shape index (κ1) is 24.9. The summed E-state index contributed by atoms with van der Waals surface area (Å²) in [6.45, 7) is 2.46. The van der Waals surface area contributed by atoms with Gasteiger partial charge in [-0.2, -0.15) is 0 Å². The summed E-state index contributed by atoms with van der Waals surface area (Å²) in [4.78, 5) is 38.5. The Kier molecular flexibility index (Phi) is 7.67. The van der Waals surface area contributed by atoms with Crippen LogP contribution in [0.1, 0.15) is 29.3 Å². The zero-order chi connectivity index (χ0) is 25.0. The number of nitrogens with two attached hydrogens (primary N) is 2. The van der Waals surface area contributed by atoms with Gasteiger partial charge in [-0.25, -0.2) is 11.7 Å². The summed E-state index contributed by atoms with van der Waals surface area (Å²) >= 11 is 0. The lowest BCUT2D eigenvalue weighted by Gasteiger charge is -2.32. The number of ether oxygens (including phenoxy) is 1. The van der Waals surface area contributed by atoms with Gasteiger partial charge < -0.3 is 14.7 Å². The Morgan fingerprint density at radius 1 is 1.00 bits per heavy atom. The fourth-order valence-corrected chi connectivity index (χ4v) is 3.55. The molecular weight excluding hydrogens is 438 g/mol. The quantitative estimate of drug-likeness (QED) is 0.229. The molecule has 3 aromatic carbocycles. The first-order valence-electron chi connectivity index (χ1n) is 10.8. The molecule has 1 atom stereocenters. The predicted octanol–water partition coefficient (Wildman–Crippen LogP) is 1.38. The van der Waals surface area contributed by atoms with Gasteiger partial charge in [0.1, 0.15) is 17.1 Å². The molecule has 10 nitrogen and oxygen atoms in total. The minimum absolute atomic E-state index is 0.00329. The number of hydrogen-bond donors (Lipinski definition) is 3. The Morgan fingerprint density at radius 2 is 1.65 bits per heavy atom. The van der Waals surface area contributed by atoms with E-state index < -0.39 is 28.6 Å². The van der Waals surface area contributed by atoms with Crippen LogP contribution in [0.3, 0.4) is 0 Å². The van der Waals surface area contributed by atoms with Crippen molar-refractivity contribution < 1.29 is 14.6 Å². The molecule has 0 heterocycles. The highest BCUT2D eigenvalue weighted by Crippen LogP contribution is 2.36. The number of hydrogen-bond acceptors (Lipinski definition) is 9. The number of carbonyl (C=O) groups excluding carboxylic acids is 1. The van der Waals surface area contributed by atoms with Crippen LogP contribution in [-0.4, -0.2) is 42.7 Å². The topological polar surface area (TPSA) is 142 Å². The van der Waals surface area contributed by atoms with Crippen molar-refractivity contribution in [3.05, 3.63) is 80.1 Å². The summed E-state index contributed by atoms with van der Waals surface area (Å²) in [7, 11) is 3.08. The third-order valence-electron chi connectivity index (χ3n) is 5.56. The molecule has 0 aliphatic carbocycles. The average molecular weight is 468 g/mol.